The molecular formula is C19H30FIN6S. The van der Waals surface area contributed by atoms with Gasteiger partial charge >= 0.3 is 0 Å². The molecule has 0 aliphatic carbocycles. The van der Waals surface area contributed by atoms with Crippen molar-refractivity contribution in [3.8, 4) is 0 Å². The molecule has 2 aromatic rings. The minimum absolute atomic E-state index is 0. The third-order valence-corrected chi connectivity index (χ3v) is 4.78. The molecule has 6 nitrogen and oxygen atoms in total. The van der Waals surface area contributed by atoms with E-state index in [2.05, 4.69) is 20.6 Å². The summed E-state index contributed by atoms with van der Waals surface area (Å²) in [5, 5.41) is 9.55. The van der Waals surface area contributed by atoms with E-state index in [4.69, 9.17) is 0 Å². The Morgan fingerprint density at radius 3 is 2.57 bits per heavy atom. The van der Waals surface area contributed by atoms with Crippen LogP contribution in [0.1, 0.15) is 23.7 Å². The zero-order valence-electron chi connectivity index (χ0n) is 17.1. The Labute approximate surface area is 188 Å². The zero-order valence-corrected chi connectivity index (χ0v) is 20.3. The second kappa shape index (κ2) is 12.2. The molecule has 0 aliphatic rings. The molecule has 0 saturated carbocycles. The maximum atomic E-state index is 13.9. The summed E-state index contributed by atoms with van der Waals surface area (Å²) in [5.74, 6) is 0.539. The molecule has 0 aliphatic heterocycles. The third-order valence-electron chi connectivity index (χ3n) is 3.72. The number of rotatable bonds is 8. The van der Waals surface area contributed by atoms with Crippen LogP contribution in [-0.2, 0) is 19.6 Å². The van der Waals surface area contributed by atoms with Gasteiger partial charge in [-0.25, -0.2) is 14.4 Å². The fourth-order valence-corrected chi connectivity index (χ4v) is 3.22. The highest BCUT2D eigenvalue weighted by molar-refractivity contribution is 14.0. The maximum Gasteiger partial charge on any atom is 0.191 e. The number of anilines is 1. The lowest BCUT2D eigenvalue weighted by atomic mass is 10.1. The number of nitrogens with one attached hydrogen (secondary N) is 2. The number of aliphatic imine (C=N–C) groups is 1. The largest absolute Gasteiger partial charge is 0.357 e. The second-order valence-electron chi connectivity index (χ2n) is 6.73. The summed E-state index contributed by atoms with van der Waals surface area (Å²) in [4.78, 5) is 13.1. The molecule has 0 saturated heterocycles. The van der Waals surface area contributed by atoms with Gasteiger partial charge in [0.2, 0.25) is 0 Å². The van der Waals surface area contributed by atoms with Gasteiger partial charge in [0.1, 0.15) is 5.82 Å². The first kappa shape index (κ1) is 24.6. The van der Waals surface area contributed by atoms with Gasteiger partial charge in [-0.15, -0.1) is 35.3 Å². The molecular weight excluding hydrogens is 490 g/mol. The fraction of sp³-hybridized carbons (Fsp3) is 0.474. The lowest BCUT2D eigenvalue weighted by Gasteiger charge is -2.13. The minimum atomic E-state index is -0.179. The first-order valence-corrected chi connectivity index (χ1v) is 9.83. The van der Waals surface area contributed by atoms with Crippen molar-refractivity contribution in [2.24, 2.45) is 4.99 Å². The van der Waals surface area contributed by atoms with Crippen LogP contribution in [0.3, 0.4) is 0 Å². The quantitative estimate of drug-likeness (QED) is 0.318. The van der Waals surface area contributed by atoms with Crippen molar-refractivity contribution in [1.82, 2.24) is 20.5 Å². The summed E-state index contributed by atoms with van der Waals surface area (Å²) in [5.41, 5.74) is 2.64. The van der Waals surface area contributed by atoms with Crippen LogP contribution in [-0.4, -0.2) is 50.6 Å². The molecule has 156 valence electrons. The highest BCUT2D eigenvalue weighted by atomic mass is 127. The van der Waals surface area contributed by atoms with Crippen LogP contribution in [0.25, 0.3) is 0 Å². The predicted molar refractivity (Wildman–Crippen MR) is 127 cm³/mol. The maximum absolute atomic E-state index is 13.9. The van der Waals surface area contributed by atoms with Gasteiger partial charge in [0.15, 0.2) is 11.1 Å². The number of hydrogen-bond donors (Lipinski definition) is 2. The molecule has 1 aromatic heterocycles. The van der Waals surface area contributed by atoms with Crippen molar-refractivity contribution in [2.45, 2.75) is 26.6 Å². The standard InChI is InChI=1S/C19H29FN6S.HI/c1-6-21-18(23-11-16-13-27-19(24-16)26(4)5)22-10-14-7-8-17(20)15(9-14)12-25(2)3;/h7-9,13H,6,10-12H2,1-5H3,(H2,21,22,23);1H. The van der Waals surface area contributed by atoms with Gasteiger partial charge in [0.05, 0.1) is 18.8 Å². The van der Waals surface area contributed by atoms with E-state index < -0.39 is 0 Å². The molecule has 0 spiro atoms. The molecule has 0 amide bonds. The lowest BCUT2D eigenvalue weighted by Crippen LogP contribution is -2.36. The summed E-state index contributed by atoms with van der Waals surface area (Å²) in [6, 6.07) is 5.18. The van der Waals surface area contributed by atoms with E-state index in [9.17, 15) is 4.39 Å². The molecule has 0 bridgehead atoms. The van der Waals surface area contributed by atoms with E-state index in [1.807, 2.05) is 56.4 Å². The van der Waals surface area contributed by atoms with Crippen LogP contribution in [0.5, 0.6) is 0 Å². The fourth-order valence-electron chi connectivity index (χ4n) is 2.46. The van der Waals surface area contributed by atoms with Gasteiger partial charge in [-0.1, -0.05) is 6.07 Å². The Balaban J connectivity index is 0.00000392. The number of hydrogen-bond acceptors (Lipinski definition) is 5. The lowest BCUT2D eigenvalue weighted by molar-refractivity contribution is 0.392. The first-order chi connectivity index (χ1) is 12.9. The number of halogens is 2. The van der Waals surface area contributed by atoms with Crippen LogP contribution < -0.4 is 15.5 Å². The van der Waals surface area contributed by atoms with Crippen molar-refractivity contribution in [2.75, 3.05) is 39.6 Å². The molecule has 0 atom stereocenters. The van der Waals surface area contributed by atoms with Crippen LogP contribution in [0.15, 0.2) is 28.6 Å². The second-order valence-corrected chi connectivity index (χ2v) is 7.56. The van der Waals surface area contributed by atoms with Gasteiger partial charge in [0.25, 0.3) is 0 Å². The average molecular weight is 520 g/mol. The van der Waals surface area contributed by atoms with Crippen molar-refractivity contribution in [1.29, 1.82) is 0 Å². The zero-order chi connectivity index (χ0) is 19.8. The summed E-state index contributed by atoms with van der Waals surface area (Å²) < 4.78 is 13.9. The average Bonchev–Trinajstić information content (AvgIpc) is 3.09. The van der Waals surface area contributed by atoms with Crippen LogP contribution >= 0.6 is 35.3 Å². The molecule has 2 rings (SSSR count). The van der Waals surface area contributed by atoms with E-state index in [1.165, 1.54) is 6.07 Å². The van der Waals surface area contributed by atoms with Gasteiger partial charge in [0, 0.05) is 38.1 Å². The molecule has 0 radical (unpaired) electrons. The van der Waals surface area contributed by atoms with Gasteiger partial charge in [-0.2, -0.15) is 0 Å². The highest BCUT2D eigenvalue weighted by Gasteiger charge is 2.07. The monoisotopic (exact) mass is 520 g/mol. The Bertz CT molecular complexity index is 763. The van der Waals surface area contributed by atoms with Crippen molar-refractivity contribution in [3.05, 3.63) is 46.2 Å². The smallest absolute Gasteiger partial charge is 0.191 e. The van der Waals surface area contributed by atoms with Gasteiger partial charge < -0.3 is 20.4 Å². The summed E-state index contributed by atoms with van der Waals surface area (Å²) in [6.07, 6.45) is 0. The summed E-state index contributed by atoms with van der Waals surface area (Å²) >= 11 is 1.62. The Kier molecular flexibility index (Phi) is 10.7. The normalized spacial score (nSPS) is 11.3. The number of aromatic nitrogens is 1. The highest BCUT2D eigenvalue weighted by Crippen LogP contribution is 2.17. The molecule has 1 aromatic carbocycles. The molecule has 9 heteroatoms. The van der Waals surface area contributed by atoms with E-state index in [1.54, 1.807) is 17.4 Å². The van der Waals surface area contributed by atoms with Crippen LogP contribution in [0, 0.1) is 5.82 Å². The Morgan fingerprint density at radius 1 is 1.21 bits per heavy atom. The van der Waals surface area contributed by atoms with E-state index in [0.29, 0.717) is 25.2 Å². The van der Waals surface area contributed by atoms with E-state index >= 15 is 0 Å². The number of benzene rings is 1. The van der Waals surface area contributed by atoms with Crippen molar-refractivity contribution in [3.63, 3.8) is 0 Å². The summed E-state index contributed by atoms with van der Waals surface area (Å²) in [7, 11) is 7.82. The molecule has 0 fully saturated rings. The number of nitrogens with zero attached hydrogens (tertiary/aromatic N) is 4. The summed E-state index contributed by atoms with van der Waals surface area (Å²) in [6.45, 7) is 4.44. The van der Waals surface area contributed by atoms with Gasteiger partial charge in [-0.3, -0.25) is 0 Å². The van der Waals surface area contributed by atoms with Crippen molar-refractivity contribution < 1.29 is 4.39 Å². The number of guanidine groups is 1. The van der Waals surface area contributed by atoms with Crippen LogP contribution in [0.4, 0.5) is 9.52 Å². The SMILES string of the molecule is CCNC(=NCc1ccc(F)c(CN(C)C)c1)NCc1csc(N(C)C)n1.I. The predicted octanol–water partition coefficient (Wildman–Crippen LogP) is 3.28. The topological polar surface area (TPSA) is 55.8 Å². The molecule has 2 N–H and O–H groups in total. The van der Waals surface area contributed by atoms with E-state index in [-0.39, 0.29) is 29.8 Å². The number of thiazole rings is 1. The molecule has 1 heterocycles. The van der Waals surface area contributed by atoms with E-state index in [0.717, 1.165) is 28.9 Å². The Morgan fingerprint density at radius 2 is 1.96 bits per heavy atom. The Hall–Kier alpha value is -1.46. The first-order valence-electron chi connectivity index (χ1n) is 8.95. The van der Waals surface area contributed by atoms with Crippen molar-refractivity contribution >= 4 is 46.4 Å². The molecule has 0 unspecified atom stereocenters. The minimum Gasteiger partial charge on any atom is -0.357 e. The third kappa shape index (κ3) is 7.88. The molecule has 28 heavy (non-hydrogen) atoms. The van der Waals surface area contributed by atoms with Crippen LogP contribution in [0.2, 0.25) is 0 Å². The van der Waals surface area contributed by atoms with Gasteiger partial charge in [-0.05, 0) is 38.7 Å².